The van der Waals surface area contributed by atoms with E-state index in [-0.39, 0.29) is 28.2 Å². The van der Waals surface area contributed by atoms with Crippen molar-refractivity contribution in [3.63, 3.8) is 0 Å². The molecule has 0 aliphatic carbocycles. The summed E-state index contributed by atoms with van der Waals surface area (Å²) in [6.07, 6.45) is 0. The van der Waals surface area contributed by atoms with Crippen LogP contribution in [0.25, 0.3) is 22.3 Å². The minimum Gasteiger partial charge on any atom is -0.476 e. The predicted molar refractivity (Wildman–Crippen MR) is 120 cm³/mol. The summed E-state index contributed by atoms with van der Waals surface area (Å²) in [6.45, 7) is -0.460. The summed E-state index contributed by atoms with van der Waals surface area (Å²) in [7, 11) is 1.26. The number of carbonyl (C=O) groups is 2. The van der Waals surface area contributed by atoms with E-state index in [1.165, 1.54) is 13.2 Å². The maximum Gasteiger partial charge on any atom is 0.339 e. The van der Waals surface area contributed by atoms with Gasteiger partial charge in [-0.3, -0.25) is 9.59 Å². The van der Waals surface area contributed by atoms with Crippen LogP contribution < -0.4 is 15.5 Å². The van der Waals surface area contributed by atoms with Crippen molar-refractivity contribution < 1.29 is 23.5 Å². The number of rotatable bonds is 6. The highest BCUT2D eigenvalue weighted by molar-refractivity contribution is 6.01. The lowest BCUT2D eigenvalue weighted by Gasteiger charge is -2.13. The molecule has 0 spiro atoms. The Morgan fingerprint density at radius 1 is 0.906 bits per heavy atom. The quantitative estimate of drug-likeness (QED) is 0.460. The molecule has 0 fully saturated rings. The Morgan fingerprint density at radius 3 is 2.38 bits per heavy atom. The first-order valence-corrected chi connectivity index (χ1v) is 9.79. The predicted octanol–water partition coefficient (Wildman–Crippen LogP) is 4.26. The fraction of sp³-hybridized carbons (Fsp3) is 0.0800. The van der Waals surface area contributed by atoms with Gasteiger partial charge < -0.3 is 19.2 Å². The molecule has 0 unspecified atom stereocenters. The zero-order valence-corrected chi connectivity index (χ0v) is 17.2. The molecule has 1 aromatic heterocycles. The lowest BCUT2D eigenvalue weighted by molar-refractivity contribution is -0.118. The van der Waals surface area contributed by atoms with Crippen molar-refractivity contribution in [2.24, 2.45) is 0 Å². The van der Waals surface area contributed by atoms with Gasteiger partial charge in [-0.2, -0.15) is 0 Å². The number of nitrogens with one attached hydrogen (secondary N) is 1. The minimum atomic E-state index is -0.580. The molecule has 0 radical (unpaired) electrons. The number of benzene rings is 3. The van der Waals surface area contributed by atoms with E-state index >= 15 is 0 Å². The van der Waals surface area contributed by atoms with E-state index in [1.54, 1.807) is 54.6 Å². The molecule has 3 aromatic carbocycles. The van der Waals surface area contributed by atoms with Crippen molar-refractivity contribution in [1.29, 1.82) is 0 Å². The van der Waals surface area contributed by atoms with Gasteiger partial charge in [-0.25, -0.2) is 4.79 Å². The molecular weight excluding hydrogens is 410 g/mol. The highest BCUT2D eigenvalue weighted by Crippen LogP contribution is 2.30. The third-order valence-electron chi connectivity index (χ3n) is 4.75. The second kappa shape index (κ2) is 9.18. The first-order valence-electron chi connectivity index (χ1n) is 9.79. The summed E-state index contributed by atoms with van der Waals surface area (Å²) in [4.78, 5) is 37.6. The average molecular weight is 429 g/mol. The van der Waals surface area contributed by atoms with Crippen LogP contribution in [0.3, 0.4) is 0 Å². The molecule has 4 aromatic rings. The Balaban J connectivity index is 1.64. The maximum absolute atomic E-state index is 13.1. The molecule has 7 heteroatoms. The van der Waals surface area contributed by atoms with Crippen LogP contribution in [0.4, 0.5) is 5.69 Å². The summed E-state index contributed by atoms with van der Waals surface area (Å²) in [5.41, 5.74) is 1.16. The fourth-order valence-electron chi connectivity index (χ4n) is 3.24. The van der Waals surface area contributed by atoms with Gasteiger partial charge in [0.25, 0.3) is 5.91 Å². The van der Waals surface area contributed by atoms with Gasteiger partial charge in [0.1, 0.15) is 5.58 Å². The van der Waals surface area contributed by atoms with Gasteiger partial charge >= 0.3 is 5.97 Å². The van der Waals surface area contributed by atoms with Gasteiger partial charge in [-0.1, -0.05) is 54.6 Å². The standard InChI is InChI=1S/C25H19NO6/c1-30-25(29)17-11-5-7-13-19(17)26-21(27)15-31-24-22(28)18-12-6-8-14-20(18)32-23(24)16-9-3-2-4-10-16/h2-14H,15H2,1H3,(H,26,27). The number of para-hydroxylation sites is 2. The molecule has 1 N–H and O–H groups in total. The maximum atomic E-state index is 13.1. The first kappa shape index (κ1) is 20.9. The molecule has 0 aliphatic heterocycles. The number of hydrogen-bond acceptors (Lipinski definition) is 6. The second-order valence-electron chi connectivity index (χ2n) is 6.83. The number of amides is 1. The number of ether oxygens (including phenoxy) is 2. The van der Waals surface area contributed by atoms with Crippen LogP contribution in [0.15, 0.2) is 88.1 Å². The Labute approximate surface area is 183 Å². The Bertz CT molecular complexity index is 1340. The zero-order chi connectivity index (χ0) is 22.5. The smallest absolute Gasteiger partial charge is 0.339 e. The van der Waals surface area contributed by atoms with Crippen LogP contribution in [0.1, 0.15) is 10.4 Å². The third kappa shape index (κ3) is 4.22. The molecule has 0 atom stereocenters. The second-order valence-corrected chi connectivity index (χ2v) is 6.83. The van der Waals surface area contributed by atoms with Gasteiger partial charge in [-0.15, -0.1) is 0 Å². The molecule has 0 saturated carbocycles. The van der Waals surface area contributed by atoms with Gasteiger partial charge in [-0.05, 0) is 24.3 Å². The molecule has 7 nitrogen and oxygen atoms in total. The summed E-state index contributed by atoms with van der Waals surface area (Å²) < 4.78 is 16.3. The largest absolute Gasteiger partial charge is 0.476 e. The Morgan fingerprint density at radius 2 is 1.59 bits per heavy atom. The number of esters is 1. The molecule has 4 rings (SSSR count). The van der Waals surface area contributed by atoms with Crippen LogP contribution >= 0.6 is 0 Å². The van der Waals surface area contributed by atoms with Crippen molar-refractivity contribution in [1.82, 2.24) is 0 Å². The van der Waals surface area contributed by atoms with Gasteiger partial charge in [0.2, 0.25) is 11.2 Å². The van der Waals surface area contributed by atoms with Gasteiger partial charge in [0.05, 0.1) is 23.7 Å². The Hall–Kier alpha value is -4.39. The van der Waals surface area contributed by atoms with E-state index in [2.05, 4.69) is 5.32 Å². The zero-order valence-electron chi connectivity index (χ0n) is 17.2. The molecule has 32 heavy (non-hydrogen) atoms. The minimum absolute atomic E-state index is 0.0636. The van der Waals surface area contributed by atoms with Crippen molar-refractivity contribution in [3.8, 4) is 17.1 Å². The SMILES string of the molecule is COC(=O)c1ccccc1NC(=O)COc1c(-c2ccccc2)oc2ccccc2c1=O. The molecule has 0 bridgehead atoms. The monoisotopic (exact) mass is 429 g/mol. The fourth-order valence-corrected chi connectivity index (χ4v) is 3.24. The van der Waals surface area contributed by atoms with E-state index < -0.39 is 18.5 Å². The van der Waals surface area contributed by atoms with Crippen LogP contribution in [-0.2, 0) is 9.53 Å². The summed E-state index contributed by atoms with van der Waals surface area (Å²) in [5, 5.41) is 2.96. The Kier molecular flexibility index (Phi) is 5.98. The topological polar surface area (TPSA) is 94.8 Å². The number of anilines is 1. The molecule has 1 amide bonds. The van der Waals surface area contributed by atoms with Crippen molar-refractivity contribution in [3.05, 3.63) is 94.6 Å². The number of methoxy groups -OCH3 is 1. The number of hydrogen-bond donors (Lipinski definition) is 1. The summed E-state index contributed by atoms with van der Waals surface area (Å²) in [6, 6.07) is 22.3. The van der Waals surface area contributed by atoms with E-state index in [4.69, 9.17) is 13.9 Å². The molecule has 0 saturated heterocycles. The molecular formula is C25H19NO6. The van der Waals surface area contributed by atoms with Gasteiger partial charge in [0.15, 0.2) is 12.4 Å². The molecule has 1 heterocycles. The van der Waals surface area contributed by atoms with Crippen LogP contribution in [0.5, 0.6) is 5.75 Å². The van der Waals surface area contributed by atoms with E-state index in [0.717, 1.165) is 0 Å². The lowest BCUT2D eigenvalue weighted by atomic mass is 10.1. The van der Waals surface area contributed by atoms with Crippen molar-refractivity contribution >= 4 is 28.5 Å². The molecule has 0 aliphatic rings. The van der Waals surface area contributed by atoms with Crippen LogP contribution in [0.2, 0.25) is 0 Å². The number of carbonyl (C=O) groups excluding carboxylic acids is 2. The highest BCUT2D eigenvalue weighted by atomic mass is 16.5. The van der Waals surface area contributed by atoms with Crippen molar-refractivity contribution in [2.75, 3.05) is 19.0 Å². The summed E-state index contributed by atoms with van der Waals surface area (Å²) in [5.74, 6) is -0.959. The van der Waals surface area contributed by atoms with Gasteiger partial charge in [0, 0.05) is 5.56 Å². The first-order chi connectivity index (χ1) is 15.6. The van der Waals surface area contributed by atoms with E-state index in [1.807, 2.05) is 18.2 Å². The lowest BCUT2D eigenvalue weighted by Crippen LogP contribution is -2.23. The normalized spacial score (nSPS) is 10.5. The molecule has 160 valence electrons. The highest BCUT2D eigenvalue weighted by Gasteiger charge is 2.19. The summed E-state index contributed by atoms with van der Waals surface area (Å²) >= 11 is 0. The average Bonchev–Trinajstić information content (AvgIpc) is 2.84. The van der Waals surface area contributed by atoms with E-state index in [9.17, 15) is 14.4 Å². The van der Waals surface area contributed by atoms with Crippen LogP contribution in [-0.4, -0.2) is 25.6 Å². The van der Waals surface area contributed by atoms with Crippen molar-refractivity contribution in [2.45, 2.75) is 0 Å². The van der Waals surface area contributed by atoms with E-state index in [0.29, 0.717) is 16.5 Å². The third-order valence-corrected chi connectivity index (χ3v) is 4.75. The number of fused-ring (bicyclic) bond motifs is 1. The van der Waals surface area contributed by atoms with Crippen LogP contribution in [0, 0.1) is 0 Å².